The highest BCUT2D eigenvalue weighted by molar-refractivity contribution is 5.14. The maximum atomic E-state index is 14.7. The highest BCUT2D eigenvalue weighted by Crippen LogP contribution is 2.44. The SMILES string of the molecule is C[C@@H]1CCCCCC(OCc2ccccc2)(C(F)(F)F)C2NNC(O2)C2CCC(C(F)(F)F)C(N2)O1. The number of piperidine rings is 1. The molecule has 6 nitrogen and oxygen atoms in total. The molecule has 0 spiro atoms. The summed E-state index contributed by atoms with van der Waals surface area (Å²) in [6.45, 7) is 1.42. The number of rotatable bonds is 3. The Kier molecular flexibility index (Phi) is 8.52. The highest BCUT2D eigenvalue weighted by atomic mass is 19.4. The summed E-state index contributed by atoms with van der Waals surface area (Å²) in [5.41, 5.74) is 3.25. The van der Waals surface area contributed by atoms with Crippen LogP contribution in [0.2, 0.25) is 0 Å². The molecule has 6 unspecified atom stereocenters. The van der Waals surface area contributed by atoms with E-state index in [1.807, 2.05) is 0 Å². The quantitative estimate of drug-likeness (QED) is 0.488. The third-order valence-electron chi connectivity index (χ3n) is 7.24. The molecule has 0 amide bonds. The van der Waals surface area contributed by atoms with Gasteiger partial charge in [0.15, 0.2) is 6.23 Å². The minimum atomic E-state index is -4.77. The summed E-state index contributed by atoms with van der Waals surface area (Å²) < 4.78 is 102. The van der Waals surface area contributed by atoms with Crippen LogP contribution in [0.15, 0.2) is 30.3 Å². The van der Waals surface area contributed by atoms with Gasteiger partial charge in [-0.15, -0.1) is 0 Å². The Morgan fingerprint density at radius 1 is 0.917 bits per heavy atom. The van der Waals surface area contributed by atoms with E-state index in [0.29, 0.717) is 24.8 Å². The van der Waals surface area contributed by atoms with Crippen molar-refractivity contribution in [3.63, 3.8) is 0 Å². The van der Waals surface area contributed by atoms with Crippen molar-refractivity contribution in [1.82, 2.24) is 16.2 Å². The Bertz CT molecular complexity index is 843. The van der Waals surface area contributed by atoms with Gasteiger partial charge in [-0.2, -0.15) is 26.3 Å². The monoisotopic (exact) mass is 525 g/mol. The summed E-state index contributed by atoms with van der Waals surface area (Å²) in [5, 5.41) is 2.85. The molecule has 3 heterocycles. The molecule has 0 radical (unpaired) electrons. The Morgan fingerprint density at radius 3 is 2.36 bits per heavy atom. The molecule has 3 N–H and O–H groups in total. The molecule has 4 bridgehead atoms. The van der Waals surface area contributed by atoms with Crippen molar-refractivity contribution >= 4 is 0 Å². The van der Waals surface area contributed by atoms with Crippen molar-refractivity contribution in [2.24, 2.45) is 5.92 Å². The van der Waals surface area contributed by atoms with Crippen molar-refractivity contribution in [3.8, 4) is 0 Å². The number of alkyl halides is 6. The van der Waals surface area contributed by atoms with Crippen molar-refractivity contribution in [2.45, 2.75) is 107 Å². The van der Waals surface area contributed by atoms with Gasteiger partial charge in [0, 0.05) is 0 Å². The molecular formula is C24H33F6N3O3. The molecule has 3 aliphatic heterocycles. The van der Waals surface area contributed by atoms with Crippen molar-refractivity contribution < 1.29 is 40.6 Å². The third kappa shape index (κ3) is 6.16. The summed E-state index contributed by atoms with van der Waals surface area (Å²) in [6, 6.07) is 7.87. The van der Waals surface area contributed by atoms with Crippen molar-refractivity contribution in [3.05, 3.63) is 35.9 Å². The van der Waals surface area contributed by atoms with Gasteiger partial charge in [0.1, 0.15) is 12.5 Å². The fraction of sp³-hybridized carbons (Fsp3) is 0.750. The summed E-state index contributed by atoms with van der Waals surface area (Å²) in [4.78, 5) is 0. The van der Waals surface area contributed by atoms with Gasteiger partial charge in [-0.25, -0.2) is 10.9 Å². The van der Waals surface area contributed by atoms with Gasteiger partial charge in [0.05, 0.1) is 24.7 Å². The number of hydrogen-bond acceptors (Lipinski definition) is 6. The molecule has 4 rings (SSSR count). The fourth-order valence-electron chi connectivity index (χ4n) is 5.18. The van der Waals surface area contributed by atoms with E-state index in [-0.39, 0.29) is 32.3 Å². The van der Waals surface area contributed by atoms with Crippen LogP contribution < -0.4 is 16.2 Å². The largest absolute Gasteiger partial charge is 0.421 e. The molecule has 3 saturated heterocycles. The van der Waals surface area contributed by atoms with Gasteiger partial charge in [-0.05, 0) is 38.2 Å². The van der Waals surface area contributed by atoms with Crippen LogP contribution in [0.1, 0.15) is 57.4 Å². The molecule has 1 aromatic rings. The van der Waals surface area contributed by atoms with Crippen LogP contribution in [-0.2, 0) is 20.8 Å². The normalized spacial score (nSPS) is 36.9. The first-order valence-corrected chi connectivity index (χ1v) is 12.4. The first-order valence-electron chi connectivity index (χ1n) is 12.4. The van der Waals surface area contributed by atoms with Crippen LogP contribution in [-0.4, -0.2) is 48.8 Å². The summed E-state index contributed by atoms with van der Waals surface area (Å²) in [7, 11) is 0. The first kappa shape index (κ1) is 27.6. The van der Waals surface area contributed by atoms with Crippen molar-refractivity contribution in [1.29, 1.82) is 0 Å². The Morgan fingerprint density at radius 2 is 1.67 bits per heavy atom. The van der Waals surface area contributed by atoms with Gasteiger partial charge in [-0.3, -0.25) is 5.32 Å². The molecule has 1 aromatic carbocycles. The number of hydrogen-bond donors (Lipinski definition) is 3. The maximum absolute atomic E-state index is 14.7. The van der Waals surface area contributed by atoms with E-state index in [0.717, 1.165) is 0 Å². The van der Waals surface area contributed by atoms with Gasteiger partial charge in [0.2, 0.25) is 5.60 Å². The smallest absolute Gasteiger partial charge is 0.360 e. The second-order valence-electron chi connectivity index (χ2n) is 9.85. The number of halogens is 6. The molecule has 0 aromatic heterocycles. The standard InChI is InChI=1S/C24H33F6N3O3/c1-15-8-4-3-7-13-22(24(28,29)30,34-14-16-9-5-2-6-10-16)21-33-32-20(36-21)18-12-11-17(23(25,26)27)19(31-18)35-15/h2,5-6,9-10,15,17-21,31-33H,3-4,7-8,11-14H2,1H3/t15-,17?,18?,19?,20?,21?,22?/m1/s1. The molecule has 36 heavy (non-hydrogen) atoms. The van der Waals surface area contributed by atoms with Crippen LogP contribution in [0.3, 0.4) is 0 Å². The second kappa shape index (κ2) is 11.1. The molecule has 0 saturated carbocycles. The van der Waals surface area contributed by atoms with E-state index >= 15 is 0 Å². The maximum Gasteiger partial charge on any atom is 0.421 e. The van der Waals surface area contributed by atoms with Crippen LogP contribution in [0.25, 0.3) is 0 Å². The van der Waals surface area contributed by atoms with Gasteiger partial charge in [-0.1, -0.05) is 49.6 Å². The van der Waals surface area contributed by atoms with Crippen molar-refractivity contribution in [2.75, 3.05) is 0 Å². The number of hydrazine groups is 1. The van der Waals surface area contributed by atoms with E-state index in [1.165, 1.54) is 0 Å². The minimum Gasteiger partial charge on any atom is -0.360 e. The van der Waals surface area contributed by atoms with E-state index in [4.69, 9.17) is 14.2 Å². The lowest BCUT2D eigenvalue weighted by molar-refractivity contribution is -0.321. The summed E-state index contributed by atoms with van der Waals surface area (Å²) in [5.74, 6) is -1.71. The summed E-state index contributed by atoms with van der Waals surface area (Å²) in [6.07, 6.45) is -12.5. The number of nitrogens with one attached hydrogen (secondary N) is 3. The lowest BCUT2D eigenvalue weighted by atomic mass is 9.90. The number of ether oxygens (including phenoxy) is 3. The third-order valence-corrected chi connectivity index (χ3v) is 7.24. The molecule has 12 heteroatoms. The van der Waals surface area contributed by atoms with Gasteiger partial charge in [0.25, 0.3) is 0 Å². The molecule has 204 valence electrons. The molecule has 3 fully saturated rings. The van der Waals surface area contributed by atoms with Crippen LogP contribution >= 0.6 is 0 Å². The van der Waals surface area contributed by atoms with E-state index in [2.05, 4.69) is 16.2 Å². The predicted octanol–water partition coefficient (Wildman–Crippen LogP) is 4.91. The zero-order valence-electron chi connectivity index (χ0n) is 20.0. The fourth-order valence-corrected chi connectivity index (χ4v) is 5.18. The van der Waals surface area contributed by atoms with Gasteiger partial charge >= 0.3 is 12.4 Å². The minimum absolute atomic E-state index is 0.0500. The second-order valence-corrected chi connectivity index (χ2v) is 9.85. The molecule has 7 atom stereocenters. The van der Waals surface area contributed by atoms with E-state index < -0.39 is 54.7 Å². The average molecular weight is 526 g/mol. The first-order chi connectivity index (χ1) is 17.0. The molecular weight excluding hydrogens is 492 g/mol. The highest BCUT2D eigenvalue weighted by Gasteiger charge is 2.63. The van der Waals surface area contributed by atoms with Crippen LogP contribution in [0, 0.1) is 5.92 Å². The van der Waals surface area contributed by atoms with E-state index in [1.54, 1.807) is 37.3 Å². The van der Waals surface area contributed by atoms with Gasteiger partial charge < -0.3 is 14.2 Å². The predicted molar refractivity (Wildman–Crippen MR) is 118 cm³/mol. The topological polar surface area (TPSA) is 63.8 Å². The average Bonchev–Trinajstić information content (AvgIpc) is 3.30. The summed E-state index contributed by atoms with van der Waals surface area (Å²) >= 11 is 0. The molecule has 3 aliphatic rings. The van der Waals surface area contributed by atoms with E-state index in [9.17, 15) is 26.3 Å². The number of fused-ring (bicyclic) bond motifs is 5. The van der Waals surface area contributed by atoms with Crippen LogP contribution in [0.5, 0.6) is 0 Å². The Labute approximate surface area is 206 Å². The lowest BCUT2D eigenvalue weighted by Gasteiger charge is -2.42. The number of benzene rings is 1. The lowest BCUT2D eigenvalue weighted by Crippen LogP contribution is -2.61. The Balaban J connectivity index is 1.59. The molecule has 0 aliphatic carbocycles. The Hall–Kier alpha value is -1.44. The zero-order valence-corrected chi connectivity index (χ0v) is 20.0. The zero-order chi connectivity index (χ0) is 26.0. The van der Waals surface area contributed by atoms with Crippen LogP contribution in [0.4, 0.5) is 26.3 Å².